The summed E-state index contributed by atoms with van der Waals surface area (Å²) in [6.45, 7) is 1.40. The van der Waals surface area contributed by atoms with E-state index in [2.05, 4.69) is 10.3 Å². The fraction of sp³-hybridized carbons (Fsp3) is 0.353. The third kappa shape index (κ3) is 3.73. The topological polar surface area (TPSA) is 78.7 Å². The summed E-state index contributed by atoms with van der Waals surface area (Å²) in [5.41, 5.74) is 0.960. The molecule has 1 aliphatic rings. The molecule has 0 saturated carbocycles. The second-order valence-corrected chi connectivity index (χ2v) is 5.84. The Labute approximate surface area is 140 Å². The van der Waals surface area contributed by atoms with Gasteiger partial charge in [-0.25, -0.2) is 4.79 Å². The summed E-state index contributed by atoms with van der Waals surface area (Å²) >= 11 is 0. The Hall–Kier alpha value is -2.83. The third-order valence-corrected chi connectivity index (χ3v) is 4.06. The number of hydrogen-bond acceptors (Lipinski definition) is 4. The fourth-order valence-corrected chi connectivity index (χ4v) is 2.70. The van der Waals surface area contributed by atoms with Crippen molar-refractivity contribution >= 4 is 11.9 Å². The van der Waals surface area contributed by atoms with E-state index in [1.165, 1.54) is 0 Å². The molecule has 7 nitrogen and oxygen atoms in total. The second kappa shape index (κ2) is 7.16. The van der Waals surface area contributed by atoms with Gasteiger partial charge >= 0.3 is 6.03 Å². The van der Waals surface area contributed by atoms with Crippen LogP contribution in [0, 0.1) is 0 Å². The predicted molar refractivity (Wildman–Crippen MR) is 86.8 cm³/mol. The van der Waals surface area contributed by atoms with Crippen LogP contribution in [0.4, 0.5) is 4.79 Å². The van der Waals surface area contributed by atoms with E-state index in [1.54, 1.807) is 41.6 Å². The summed E-state index contributed by atoms with van der Waals surface area (Å²) in [6.07, 6.45) is 5.58. The monoisotopic (exact) mass is 328 g/mol. The normalized spacial score (nSPS) is 17.1. The molecule has 0 aliphatic carbocycles. The van der Waals surface area contributed by atoms with Gasteiger partial charge in [-0.3, -0.25) is 9.78 Å². The summed E-state index contributed by atoms with van der Waals surface area (Å²) in [5.74, 6) is 0.638. The highest BCUT2D eigenvalue weighted by Gasteiger charge is 2.31. The molecule has 3 rings (SSSR count). The highest BCUT2D eigenvalue weighted by molar-refractivity contribution is 5.88. The first-order valence-corrected chi connectivity index (χ1v) is 7.85. The van der Waals surface area contributed by atoms with Gasteiger partial charge in [-0.15, -0.1) is 0 Å². The van der Waals surface area contributed by atoms with Gasteiger partial charge in [0.05, 0.1) is 12.8 Å². The van der Waals surface area contributed by atoms with Gasteiger partial charge in [-0.05, 0) is 36.2 Å². The number of nitrogens with zero attached hydrogens (tertiary/aromatic N) is 3. The quantitative estimate of drug-likeness (QED) is 0.904. The van der Waals surface area contributed by atoms with Crippen molar-refractivity contribution in [2.45, 2.75) is 25.6 Å². The summed E-state index contributed by atoms with van der Waals surface area (Å²) in [4.78, 5) is 31.9. The molecule has 0 unspecified atom stereocenters. The zero-order valence-electron chi connectivity index (χ0n) is 13.5. The summed E-state index contributed by atoms with van der Waals surface area (Å²) in [7, 11) is 1.74. The number of rotatable bonds is 5. The maximum absolute atomic E-state index is 12.7. The molecule has 1 saturated heterocycles. The minimum Gasteiger partial charge on any atom is -0.467 e. The molecular weight excluding hydrogens is 308 g/mol. The lowest BCUT2D eigenvalue weighted by atomic mass is 10.2. The predicted octanol–water partition coefficient (Wildman–Crippen LogP) is 1.62. The van der Waals surface area contributed by atoms with Crippen molar-refractivity contribution in [1.29, 1.82) is 0 Å². The summed E-state index contributed by atoms with van der Waals surface area (Å²) in [5, 5.41) is 2.83. The van der Waals surface area contributed by atoms with Gasteiger partial charge in [0.15, 0.2) is 0 Å². The van der Waals surface area contributed by atoms with Crippen molar-refractivity contribution in [2.24, 2.45) is 0 Å². The molecule has 7 heteroatoms. The van der Waals surface area contributed by atoms with Gasteiger partial charge in [0.2, 0.25) is 5.91 Å². The highest BCUT2D eigenvalue weighted by atomic mass is 16.3. The number of nitrogens with one attached hydrogen (secondary N) is 1. The SMILES string of the molecule is CN1CC[C@H](NC(=O)N(Cc2ccncc2)Cc2ccco2)C1=O. The molecule has 2 aromatic rings. The molecule has 1 aliphatic heterocycles. The van der Waals surface area contributed by atoms with Crippen LogP contribution >= 0.6 is 0 Å². The second-order valence-electron chi connectivity index (χ2n) is 5.84. The lowest BCUT2D eigenvalue weighted by molar-refractivity contribution is -0.128. The maximum Gasteiger partial charge on any atom is 0.318 e. The molecule has 0 aromatic carbocycles. The molecule has 0 radical (unpaired) electrons. The Morgan fingerprint density at radius 1 is 1.38 bits per heavy atom. The van der Waals surface area contributed by atoms with Gasteiger partial charge in [-0.2, -0.15) is 0 Å². The van der Waals surface area contributed by atoms with Gasteiger partial charge < -0.3 is 19.5 Å². The standard InChI is InChI=1S/C17H20N4O3/c1-20-9-6-15(16(20)22)19-17(23)21(12-14-3-2-10-24-14)11-13-4-7-18-8-5-13/h2-5,7-8,10,15H,6,9,11-12H2,1H3,(H,19,23)/t15-/m0/s1. The van der Waals surface area contributed by atoms with E-state index >= 15 is 0 Å². The van der Waals surface area contributed by atoms with Crippen molar-refractivity contribution in [1.82, 2.24) is 20.1 Å². The lowest BCUT2D eigenvalue weighted by Gasteiger charge is -2.24. The van der Waals surface area contributed by atoms with Crippen molar-refractivity contribution < 1.29 is 14.0 Å². The molecule has 1 N–H and O–H groups in total. The molecule has 2 aromatic heterocycles. The van der Waals surface area contributed by atoms with Crippen LogP contribution in [0.15, 0.2) is 47.3 Å². The molecule has 0 spiro atoms. The van der Waals surface area contributed by atoms with Crippen molar-refractivity contribution in [3.8, 4) is 0 Å². The Morgan fingerprint density at radius 2 is 2.17 bits per heavy atom. The molecular formula is C17H20N4O3. The number of carbonyl (C=O) groups excluding carboxylic acids is 2. The average molecular weight is 328 g/mol. The van der Waals surface area contributed by atoms with E-state index in [0.717, 1.165) is 5.56 Å². The number of urea groups is 1. The van der Waals surface area contributed by atoms with Crippen molar-refractivity contribution in [3.63, 3.8) is 0 Å². The minimum atomic E-state index is -0.459. The molecule has 1 atom stereocenters. The van der Waals surface area contributed by atoms with Gasteiger partial charge in [0, 0.05) is 32.5 Å². The number of pyridine rings is 1. The van der Waals surface area contributed by atoms with E-state index in [-0.39, 0.29) is 11.9 Å². The van der Waals surface area contributed by atoms with E-state index in [9.17, 15) is 9.59 Å². The third-order valence-electron chi connectivity index (χ3n) is 4.06. The Morgan fingerprint density at radius 3 is 2.79 bits per heavy atom. The largest absolute Gasteiger partial charge is 0.467 e. The number of likely N-dealkylation sites (N-methyl/N-ethyl adjacent to an activating group) is 1. The smallest absolute Gasteiger partial charge is 0.318 e. The van der Waals surface area contributed by atoms with Crippen LogP contribution in [0.5, 0.6) is 0 Å². The zero-order chi connectivity index (χ0) is 16.9. The number of carbonyl (C=O) groups is 2. The average Bonchev–Trinajstić information content (AvgIpc) is 3.20. The van der Waals surface area contributed by atoms with Crippen LogP contribution in [0.3, 0.4) is 0 Å². The molecule has 24 heavy (non-hydrogen) atoms. The lowest BCUT2D eigenvalue weighted by Crippen LogP contribution is -2.47. The van der Waals surface area contributed by atoms with Crippen LogP contribution in [0.2, 0.25) is 0 Å². The maximum atomic E-state index is 12.7. The van der Waals surface area contributed by atoms with Crippen molar-refractivity contribution in [3.05, 3.63) is 54.2 Å². The number of amides is 3. The van der Waals surface area contributed by atoms with Gasteiger partial charge in [0.1, 0.15) is 11.8 Å². The first-order valence-electron chi connectivity index (χ1n) is 7.85. The van der Waals surface area contributed by atoms with Crippen LogP contribution in [-0.2, 0) is 17.9 Å². The van der Waals surface area contributed by atoms with E-state index < -0.39 is 6.04 Å². The van der Waals surface area contributed by atoms with Gasteiger partial charge in [-0.1, -0.05) is 0 Å². The summed E-state index contributed by atoms with van der Waals surface area (Å²) < 4.78 is 5.35. The number of aromatic nitrogens is 1. The number of likely N-dealkylation sites (tertiary alicyclic amines) is 1. The van der Waals surface area contributed by atoms with Crippen LogP contribution < -0.4 is 5.32 Å². The molecule has 0 bridgehead atoms. The first kappa shape index (κ1) is 16.0. The molecule has 3 heterocycles. The minimum absolute atomic E-state index is 0.0507. The highest BCUT2D eigenvalue weighted by Crippen LogP contribution is 2.13. The van der Waals surface area contributed by atoms with E-state index in [4.69, 9.17) is 4.42 Å². The number of hydrogen-bond donors (Lipinski definition) is 1. The fourth-order valence-electron chi connectivity index (χ4n) is 2.70. The Kier molecular flexibility index (Phi) is 4.79. The summed E-state index contributed by atoms with van der Waals surface area (Å²) in [6, 6.07) is 6.58. The van der Waals surface area contributed by atoms with Crippen molar-refractivity contribution in [2.75, 3.05) is 13.6 Å². The Bertz CT molecular complexity index is 687. The zero-order valence-corrected chi connectivity index (χ0v) is 13.5. The van der Waals surface area contributed by atoms with Crippen LogP contribution in [0.25, 0.3) is 0 Å². The number of furan rings is 1. The Balaban J connectivity index is 1.70. The first-order chi connectivity index (χ1) is 11.6. The van der Waals surface area contributed by atoms with Crippen LogP contribution in [-0.4, -0.2) is 46.4 Å². The van der Waals surface area contributed by atoms with E-state index in [0.29, 0.717) is 31.8 Å². The molecule has 1 fully saturated rings. The van der Waals surface area contributed by atoms with E-state index in [1.807, 2.05) is 18.2 Å². The van der Waals surface area contributed by atoms with Crippen LogP contribution in [0.1, 0.15) is 17.7 Å². The molecule has 3 amide bonds. The van der Waals surface area contributed by atoms with Gasteiger partial charge in [0.25, 0.3) is 0 Å². The molecule has 126 valence electrons.